The van der Waals surface area contributed by atoms with Gasteiger partial charge in [-0.05, 0) is 78.8 Å². The SMILES string of the molecule is CCCC(CCC)S(=O)(=O)CC(NC(=O)c1ccc(F)cc1)C(=O)N[C@@H](Cc1cc(F)cc(F)c1)[C@H](O)CNCc1cccc(CC)c1. The van der Waals surface area contributed by atoms with Crippen LogP contribution in [0.25, 0.3) is 0 Å². The molecule has 12 heteroatoms. The van der Waals surface area contributed by atoms with Crippen LogP contribution >= 0.6 is 0 Å². The van der Waals surface area contributed by atoms with E-state index >= 15 is 0 Å². The van der Waals surface area contributed by atoms with Crippen LogP contribution in [0.4, 0.5) is 13.2 Å². The molecule has 262 valence electrons. The van der Waals surface area contributed by atoms with Crippen LogP contribution in [0.3, 0.4) is 0 Å². The van der Waals surface area contributed by atoms with Crippen LogP contribution in [0.1, 0.15) is 73.5 Å². The fourth-order valence-electron chi connectivity index (χ4n) is 5.56. The van der Waals surface area contributed by atoms with Crippen molar-refractivity contribution in [3.63, 3.8) is 0 Å². The minimum absolute atomic E-state index is 0.00780. The molecule has 8 nitrogen and oxygen atoms in total. The molecule has 0 fully saturated rings. The second kappa shape index (κ2) is 18.7. The summed E-state index contributed by atoms with van der Waals surface area (Å²) in [5, 5.41) is 18.8. The van der Waals surface area contributed by atoms with Crippen molar-refractivity contribution in [2.75, 3.05) is 12.3 Å². The summed E-state index contributed by atoms with van der Waals surface area (Å²) in [6, 6.07) is 12.5. The molecule has 0 heterocycles. The normalized spacial score (nSPS) is 13.6. The molecule has 3 rings (SSSR count). The number of hydrogen-bond donors (Lipinski definition) is 4. The molecule has 0 radical (unpaired) electrons. The molecule has 0 aromatic heterocycles. The number of hydrogen-bond acceptors (Lipinski definition) is 6. The van der Waals surface area contributed by atoms with Crippen molar-refractivity contribution in [2.45, 2.75) is 89.3 Å². The predicted molar refractivity (Wildman–Crippen MR) is 181 cm³/mol. The van der Waals surface area contributed by atoms with Crippen LogP contribution in [0.5, 0.6) is 0 Å². The minimum atomic E-state index is -3.91. The second-order valence-corrected chi connectivity index (χ2v) is 14.4. The maximum Gasteiger partial charge on any atom is 0.251 e. The van der Waals surface area contributed by atoms with Crippen LogP contribution in [0.15, 0.2) is 66.7 Å². The van der Waals surface area contributed by atoms with E-state index in [0.29, 0.717) is 38.3 Å². The van der Waals surface area contributed by atoms with Gasteiger partial charge in [0.1, 0.15) is 23.5 Å². The number of benzene rings is 3. The fraction of sp³-hybridized carbons (Fsp3) is 0.444. The molecule has 0 saturated heterocycles. The Kier molecular flexibility index (Phi) is 15.1. The van der Waals surface area contributed by atoms with Gasteiger partial charge in [-0.25, -0.2) is 21.6 Å². The average molecular weight is 690 g/mol. The first-order chi connectivity index (χ1) is 22.8. The smallest absolute Gasteiger partial charge is 0.251 e. The van der Waals surface area contributed by atoms with E-state index in [-0.39, 0.29) is 24.1 Å². The number of nitrogens with one attached hydrogen (secondary N) is 3. The van der Waals surface area contributed by atoms with E-state index in [2.05, 4.69) is 16.0 Å². The summed E-state index contributed by atoms with van der Waals surface area (Å²) in [6.07, 6.45) is 1.29. The van der Waals surface area contributed by atoms with Gasteiger partial charge in [0.2, 0.25) is 5.91 Å². The Bertz CT molecular complexity index is 1580. The third-order valence-corrected chi connectivity index (χ3v) is 10.4. The lowest BCUT2D eigenvalue weighted by Crippen LogP contribution is -2.57. The van der Waals surface area contributed by atoms with Gasteiger partial charge in [-0.1, -0.05) is 57.9 Å². The van der Waals surface area contributed by atoms with Crippen LogP contribution < -0.4 is 16.0 Å². The van der Waals surface area contributed by atoms with Crippen molar-refractivity contribution >= 4 is 21.7 Å². The zero-order valence-electron chi connectivity index (χ0n) is 27.6. The molecule has 4 N–H and O–H groups in total. The summed E-state index contributed by atoms with van der Waals surface area (Å²) < 4.78 is 68.9. The van der Waals surface area contributed by atoms with Gasteiger partial charge >= 0.3 is 0 Å². The highest BCUT2D eigenvalue weighted by atomic mass is 32.2. The van der Waals surface area contributed by atoms with E-state index in [4.69, 9.17) is 0 Å². The lowest BCUT2D eigenvalue weighted by molar-refractivity contribution is -0.124. The molecule has 0 aliphatic heterocycles. The first-order valence-electron chi connectivity index (χ1n) is 16.3. The van der Waals surface area contributed by atoms with E-state index in [1.165, 1.54) is 12.1 Å². The van der Waals surface area contributed by atoms with Gasteiger partial charge < -0.3 is 21.1 Å². The number of rotatable bonds is 19. The Morgan fingerprint density at radius 2 is 1.42 bits per heavy atom. The molecule has 3 atom stereocenters. The quantitative estimate of drug-likeness (QED) is 0.140. The monoisotopic (exact) mass is 689 g/mol. The number of amides is 2. The number of carbonyl (C=O) groups is 2. The van der Waals surface area contributed by atoms with Crippen molar-refractivity contribution in [3.8, 4) is 0 Å². The standard InChI is InChI=1S/C36H46F3N3O5S/c1-4-8-31(9-5-2)48(46,47)23-33(42-35(44)27-12-14-28(37)15-13-27)36(45)41-32(19-26-17-29(38)20-30(39)18-26)34(43)22-40-21-25-11-7-10-24(6-3)16-25/h7,10-18,20,31-34,40,43H,4-6,8-9,19,21-23H2,1-3H3,(H,41,45)(H,42,44)/t32-,33?,34+/m0/s1. The Hall–Kier alpha value is -3.74. The van der Waals surface area contributed by atoms with Gasteiger partial charge in [-0.3, -0.25) is 9.59 Å². The summed E-state index contributed by atoms with van der Waals surface area (Å²) in [5.74, 6) is -4.69. The Morgan fingerprint density at radius 3 is 2.02 bits per heavy atom. The lowest BCUT2D eigenvalue weighted by Gasteiger charge is -2.28. The van der Waals surface area contributed by atoms with Crippen molar-refractivity contribution in [1.82, 2.24) is 16.0 Å². The number of halogens is 3. The van der Waals surface area contributed by atoms with E-state index in [0.717, 1.165) is 41.8 Å². The Balaban J connectivity index is 1.89. The van der Waals surface area contributed by atoms with Crippen molar-refractivity contribution in [3.05, 3.63) is 106 Å². The summed E-state index contributed by atoms with van der Waals surface area (Å²) in [5.41, 5.74) is 2.26. The molecule has 0 bridgehead atoms. The maximum absolute atomic E-state index is 14.1. The third-order valence-electron chi connectivity index (χ3n) is 8.11. The minimum Gasteiger partial charge on any atom is -0.390 e. The highest BCUT2D eigenvalue weighted by molar-refractivity contribution is 7.92. The van der Waals surface area contributed by atoms with Crippen LogP contribution in [-0.4, -0.2) is 61.1 Å². The fourth-order valence-corrected chi connectivity index (χ4v) is 7.72. The molecular weight excluding hydrogens is 643 g/mol. The van der Waals surface area contributed by atoms with Crippen molar-refractivity contribution < 1.29 is 36.3 Å². The average Bonchev–Trinajstić information content (AvgIpc) is 3.03. The number of carbonyl (C=O) groups excluding carboxylic acids is 2. The van der Waals surface area contributed by atoms with E-state index in [1.807, 2.05) is 45.0 Å². The molecule has 1 unspecified atom stereocenters. The molecular formula is C36H46F3N3O5S. The molecule has 3 aromatic rings. The number of sulfone groups is 1. The highest BCUT2D eigenvalue weighted by Gasteiger charge is 2.34. The highest BCUT2D eigenvalue weighted by Crippen LogP contribution is 2.18. The van der Waals surface area contributed by atoms with Gasteiger partial charge in [0.25, 0.3) is 5.91 Å². The maximum atomic E-state index is 14.1. The third kappa shape index (κ3) is 12.1. The first kappa shape index (κ1) is 38.7. The molecule has 48 heavy (non-hydrogen) atoms. The van der Waals surface area contributed by atoms with Crippen molar-refractivity contribution in [2.24, 2.45) is 0 Å². The summed E-state index contributed by atoms with van der Waals surface area (Å²) >= 11 is 0. The van der Waals surface area contributed by atoms with E-state index in [9.17, 15) is 36.3 Å². The molecule has 0 aliphatic rings. The lowest BCUT2D eigenvalue weighted by atomic mass is 10.00. The van der Waals surface area contributed by atoms with E-state index in [1.54, 1.807) is 0 Å². The molecule has 0 spiro atoms. The zero-order chi connectivity index (χ0) is 35.3. The zero-order valence-corrected chi connectivity index (χ0v) is 28.5. The topological polar surface area (TPSA) is 125 Å². The summed E-state index contributed by atoms with van der Waals surface area (Å²) in [7, 11) is -3.91. The van der Waals surface area contributed by atoms with Crippen molar-refractivity contribution in [1.29, 1.82) is 0 Å². The largest absolute Gasteiger partial charge is 0.390 e. The second-order valence-electron chi connectivity index (χ2n) is 12.0. The number of aryl methyl sites for hydroxylation is 1. The first-order valence-corrected chi connectivity index (χ1v) is 18.1. The van der Waals surface area contributed by atoms with Gasteiger partial charge in [0.15, 0.2) is 9.84 Å². The molecule has 0 aliphatic carbocycles. The molecule has 0 saturated carbocycles. The Labute approximate surface area is 281 Å². The van der Waals surface area contributed by atoms with Gasteiger partial charge in [0, 0.05) is 24.7 Å². The number of aliphatic hydroxyl groups excluding tert-OH is 1. The van der Waals surface area contributed by atoms with E-state index < -0.39 is 68.3 Å². The summed E-state index contributed by atoms with van der Waals surface area (Å²) in [4.78, 5) is 27.0. The predicted octanol–water partition coefficient (Wildman–Crippen LogP) is 5.03. The van der Waals surface area contributed by atoms with Crippen LogP contribution in [-0.2, 0) is 34.0 Å². The number of aliphatic hydroxyl groups is 1. The van der Waals surface area contributed by atoms with Crippen LogP contribution in [0, 0.1) is 17.5 Å². The van der Waals surface area contributed by atoms with Gasteiger partial charge in [-0.15, -0.1) is 0 Å². The molecule has 2 amide bonds. The van der Waals surface area contributed by atoms with Crippen LogP contribution in [0.2, 0.25) is 0 Å². The Morgan fingerprint density at radius 1 is 0.792 bits per heavy atom. The van der Waals surface area contributed by atoms with Gasteiger partial charge in [-0.2, -0.15) is 0 Å². The summed E-state index contributed by atoms with van der Waals surface area (Å²) in [6.45, 7) is 6.11. The van der Waals surface area contributed by atoms with Gasteiger partial charge in [0.05, 0.1) is 23.1 Å². The molecule has 3 aromatic carbocycles.